The number of hydrogen-bond acceptors (Lipinski definition) is 3. The lowest BCUT2D eigenvalue weighted by Gasteiger charge is -2.23. The van der Waals surface area contributed by atoms with Crippen molar-refractivity contribution in [3.05, 3.63) is 36.0 Å². The predicted octanol–water partition coefficient (Wildman–Crippen LogP) is 1.95. The minimum Gasteiger partial charge on any atom is -0.385 e. The van der Waals surface area contributed by atoms with Crippen molar-refractivity contribution in [2.45, 2.75) is 18.4 Å². The molecule has 3 N–H and O–H groups in total. The fraction of sp³-hybridized carbons (Fsp3) is 0.357. The van der Waals surface area contributed by atoms with Crippen LogP contribution in [0.4, 0.5) is 0 Å². The Morgan fingerprint density at radius 2 is 2.28 bits per heavy atom. The van der Waals surface area contributed by atoms with Crippen LogP contribution in [0.1, 0.15) is 18.4 Å². The van der Waals surface area contributed by atoms with Crippen LogP contribution >= 0.6 is 0 Å². The molecule has 0 fully saturated rings. The molecule has 1 aromatic carbocycles. The number of nitrogens with one attached hydrogen (secondary N) is 1. The molecule has 0 spiro atoms. The summed E-state index contributed by atoms with van der Waals surface area (Å²) in [6.45, 7) is 0.609. The highest BCUT2D eigenvalue weighted by molar-refractivity contribution is 5.81. The van der Waals surface area contributed by atoms with Gasteiger partial charge in [0.05, 0.1) is 5.54 Å². The number of fused-ring (bicyclic) bond motifs is 1. The molecule has 1 atom stereocenters. The number of carbonyl (C=O) groups excluding carboxylic acids is 1. The van der Waals surface area contributed by atoms with Crippen LogP contribution in [0.25, 0.3) is 10.9 Å². The Hall–Kier alpha value is -1.65. The van der Waals surface area contributed by atoms with Crippen LogP contribution in [-0.2, 0) is 15.1 Å². The first-order valence-electron chi connectivity index (χ1n) is 6.01. The second-order valence-corrected chi connectivity index (χ2v) is 4.53. The number of ether oxygens (including phenoxy) is 1. The molecule has 4 heteroatoms. The molecule has 1 heterocycles. The third kappa shape index (κ3) is 2.44. The first-order chi connectivity index (χ1) is 8.69. The largest absolute Gasteiger partial charge is 0.385 e. The second-order valence-electron chi connectivity index (χ2n) is 4.53. The van der Waals surface area contributed by atoms with E-state index < -0.39 is 5.54 Å². The van der Waals surface area contributed by atoms with Gasteiger partial charge in [-0.2, -0.15) is 0 Å². The van der Waals surface area contributed by atoms with E-state index in [-0.39, 0.29) is 0 Å². The van der Waals surface area contributed by atoms with Crippen LogP contribution in [0.3, 0.4) is 0 Å². The summed E-state index contributed by atoms with van der Waals surface area (Å²) in [5, 5.41) is 1.11. The number of carbonyl (C=O) groups is 1. The van der Waals surface area contributed by atoms with Crippen LogP contribution < -0.4 is 5.73 Å². The monoisotopic (exact) mass is 246 g/mol. The van der Waals surface area contributed by atoms with E-state index in [0.717, 1.165) is 29.2 Å². The zero-order chi connectivity index (χ0) is 13.0. The number of benzene rings is 1. The maximum atomic E-state index is 11.3. The van der Waals surface area contributed by atoms with Gasteiger partial charge >= 0.3 is 0 Å². The third-order valence-corrected chi connectivity index (χ3v) is 3.24. The Morgan fingerprint density at radius 1 is 1.44 bits per heavy atom. The van der Waals surface area contributed by atoms with E-state index in [1.54, 1.807) is 7.11 Å². The molecule has 2 aromatic rings. The highest BCUT2D eigenvalue weighted by Gasteiger charge is 2.26. The molecule has 4 nitrogen and oxygen atoms in total. The number of hydrogen-bond donors (Lipinski definition) is 2. The molecule has 0 aliphatic carbocycles. The van der Waals surface area contributed by atoms with E-state index in [2.05, 4.69) is 4.98 Å². The first-order valence-corrected chi connectivity index (χ1v) is 6.01. The average molecular weight is 246 g/mol. The van der Waals surface area contributed by atoms with Gasteiger partial charge in [0.1, 0.15) is 6.29 Å². The zero-order valence-electron chi connectivity index (χ0n) is 10.5. The second kappa shape index (κ2) is 5.33. The number of nitrogens with two attached hydrogens (primary N) is 1. The van der Waals surface area contributed by atoms with Crippen LogP contribution in [0.5, 0.6) is 0 Å². The molecule has 0 saturated carbocycles. The van der Waals surface area contributed by atoms with Gasteiger partial charge in [-0.1, -0.05) is 12.1 Å². The molecule has 2 rings (SSSR count). The third-order valence-electron chi connectivity index (χ3n) is 3.24. The highest BCUT2D eigenvalue weighted by Crippen LogP contribution is 2.25. The Morgan fingerprint density at radius 3 is 3.00 bits per heavy atom. The number of aromatic amines is 1. The topological polar surface area (TPSA) is 68.1 Å². The molecular weight excluding hydrogens is 228 g/mol. The number of aromatic nitrogens is 1. The molecule has 0 aliphatic heterocycles. The number of rotatable bonds is 6. The lowest BCUT2D eigenvalue weighted by Crippen LogP contribution is -2.38. The van der Waals surface area contributed by atoms with Crippen molar-refractivity contribution in [3.8, 4) is 0 Å². The summed E-state index contributed by atoms with van der Waals surface area (Å²) in [5.41, 5.74) is 7.08. The smallest absolute Gasteiger partial charge is 0.144 e. The van der Waals surface area contributed by atoms with Crippen LogP contribution in [0.2, 0.25) is 0 Å². The molecule has 1 unspecified atom stereocenters. The fourth-order valence-corrected chi connectivity index (χ4v) is 2.12. The van der Waals surface area contributed by atoms with E-state index >= 15 is 0 Å². The van der Waals surface area contributed by atoms with Gasteiger partial charge in [0.15, 0.2) is 0 Å². The molecule has 18 heavy (non-hydrogen) atoms. The van der Waals surface area contributed by atoms with Crippen molar-refractivity contribution in [1.82, 2.24) is 4.98 Å². The summed E-state index contributed by atoms with van der Waals surface area (Å²) < 4.78 is 5.00. The molecule has 0 amide bonds. The summed E-state index contributed by atoms with van der Waals surface area (Å²) >= 11 is 0. The zero-order valence-corrected chi connectivity index (χ0v) is 10.5. The Labute approximate surface area is 106 Å². The molecule has 96 valence electrons. The van der Waals surface area contributed by atoms with Crippen molar-refractivity contribution >= 4 is 17.2 Å². The molecule has 0 radical (unpaired) electrons. The number of aldehydes is 1. The standard InChI is InChI=1S/C14H18N2O2/c1-18-8-2-6-14(15,10-17)12-4-3-11-5-7-16-13(11)9-12/h3-5,7,9-10,16H,2,6,8,15H2,1H3. The summed E-state index contributed by atoms with van der Waals surface area (Å²) in [4.78, 5) is 14.4. The highest BCUT2D eigenvalue weighted by atomic mass is 16.5. The summed E-state index contributed by atoms with van der Waals surface area (Å²) in [6, 6.07) is 7.82. The summed E-state index contributed by atoms with van der Waals surface area (Å²) in [7, 11) is 1.64. The molecule has 0 bridgehead atoms. The van der Waals surface area contributed by atoms with Crippen molar-refractivity contribution < 1.29 is 9.53 Å². The SMILES string of the molecule is COCCCC(N)(C=O)c1ccc2cc[nH]c2c1. The number of H-pyrrole nitrogens is 1. The summed E-state index contributed by atoms with van der Waals surface area (Å²) in [5.74, 6) is 0. The quantitative estimate of drug-likeness (QED) is 0.604. The molecule has 1 aromatic heterocycles. The van der Waals surface area contributed by atoms with Crippen LogP contribution in [0, 0.1) is 0 Å². The van der Waals surface area contributed by atoms with Gasteiger partial charge in [-0.15, -0.1) is 0 Å². The van der Waals surface area contributed by atoms with E-state index in [9.17, 15) is 4.79 Å². The lowest BCUT2D eigenvalue weighted by atomic mass is 9.87. The van der Waals surface area contributed by atoms with Crippen molar-refractivity contribution in [2.75, 3.05) is 13.7 Å². The predicted molar refractivity (Wildman–Crippen MR) is 71.3 cm³/mol. The Balaban J connectivity index is 2.27. The first kappa shape index (κ1) is 12.8. The van der Waals surface area contributed by atoms with Crippen molar-refractivity contribution in [1.29, 1.82) is 0 Å². The molecule has 0 saturated heterocycles. The minimum absolute atomic E-state index is 0.580. The maximum absolute atomic E-state index is 11.3. The van der Waals surface area contributed by atoms with Gasteiger partial charge in [-0.25, -0.2) is 0 Å². The van der Waals surface area contributed by atoms with E-state index in [1.807, 2.05) is 30.5 Å². The van der Waals surface area contributed by atoms with E-state index in [0.29, 0.717) is 13.0 Å². The van der Waals surface area contributed by atoms with Crippen molar-refractivity contribution in [3.63, 3.8) is 0 Å². The van der Waals surface area contributed by atoms with Gasteiger partial charge in [0.25, 0.3) is 0 Å². The Bertz CT molecular complexity index is 535. The van der Waals surface area contributed by atoms with Crippen LogP contribution in [0.15, 0.2) is 30.5 Å². The molecule has 0 aliphatic rings. The molecular formula is C14H18N2O2. The lowest BCUT2D eigenvalue weighted by molar-refractivity contribution is -0.112. The van der Waals surface area contributed by atoms with Gasteiger partial charge in [0.2, 0.25) is 0 Å². The Kier molecular flexibility index (Phi) is 3.79. The number of methoxy groups -OCH3 is 1. The van der Waals surface area contributed by atoms with Crippen LogP contribution in [-0.4, -0.2) is 25.0 Å². The summed E-state index contributed by atoms with van der Waals surface area (Å²) in [6.07, 6.45) is 4.04. The van der Waals surface area contributed by atoms with Gasteiger partial charge in [0, 0.05) is 25.4 Å². The van der Waals surface area contributed by atoms with E-state index in [4.69, 9.17) is 10.5 Å². The maximum Gasteiger partial charge on any atom is 0.144 e. The average Bonchev–Trinajstić information content (AvgIpc) is 2.86. The fourth-order valence-electron chi connectivity index (χ4n) is 2.12. The normalized spacial score (nSPS) is 14.6. The van der Waals surface area contributed by atoms with Crippen molar-refractivity contribution in [2.24, 2.45) is 5.73 Å². The van der Waals surface area contributed by atoms with Gasteiger partial charge in [-0.3, -0.25) is 0 Å². The minimum atomic E-state index is -0.933. The van der Waals surface area contributed by atoms with E-state index in [1.165, 1.54) is 0 Å². The van der Waals surface area contributed by atoms with Gasteiger partial charge in [-0.05, 0) is 35.9 Å². The van der Waals surface area contributed by atoms with Gasteiger partial charge < -0.3 is 20.2 Å².